The van der Waals surface area contributed by atoms with Crippen molar-refractivity contribution in [3.8, 4) is 11.1 Å². The van der Waals surface area contributed by atoms with E-state index in [-0.39, 0.29) is 16.2 Å². The standard InChI is InChI=1S/C51H44BN2O/c1-49(2)24-25-50(3,4)39-27-31(22-23-36(39)49)53-41-28-34-33-16-9-12-21-44(33)55-45(34)29-35(41)46-32-15-8-7-14-30(32)26-43-47(46)52-40-19-13-18-38-48(40)54(43)42-20-11-10-17-37(42)51(38,5)6/h7-23,26-29,53H,24-25H2,1-6H3. The van der Waals surface area contributed by atoms with Crippen LogP contribution < -0.4 is 21.1 Å². The summed E-state index contributed by atoms with van der Waals surface area (Å²) in [7, 11) is 2.44. The van der Waals surface area contributed by atoms with Crippen molar-refractivity contribution in [2.75, 3.05) is 10.2 Å². The summed E-state index contributed by atoms with van der Waals surface area (Å²) in [5.41, 5.74) is 18.2. The summed E-state index contributed by atoms with van der Waals surface area (Å²) in [6.07, 6.45) is 2.37. The van der Waals surface area contributed by atoms with Crippen LogP contribution in [0.15, 0.2) is 132 Å². The minimum atomic E-state index is -0.133. The highest BCUT2D eigenvalue weighted by Crippen LogP contribution is 2.53. The second kappa shape index (κ2) is 11.2. The zero-order valence-electron chi connectivity index (χ0n) is 32.5. The number of hydrogen-bond donors (Lipinski definition) is 1. The number of nitrogens with zero attached hydrogens (tertiary/aromatic N) is 1. The van der Waals surface area contributed by atoms with Crippen molar-refractivity contribution in [2.45, 2.75) is 70.6 Å². The van der Waals surface area contributed by atoms with Gasteiger partial charge in [0.25, 0.3) is 0 Å². The number of fused-ring (bicyclic) bond motifs is 9. The Morgan fingerprint density at radius 3 is 2.16 bits per heavy atom. The molecule has 0 saturated carbocycles. The van der Waals surface area contributed by atoms with E-state index >= 15 is 0 Å². The third-order valence-electron chi connectivity index (χ3n) is 13.3. The Bertz CT molecular complexity index is 2930. The fourth-order valence-electron chi connectivity index (χ4n) is 10.2. The fourth-order valence-corrected chi connectivity index (χ4v) is 10.2. The highest BCUT2D eigenvalue weighted by atomic mass is 16.3. The van der Waals surface area contributed by atoms with E-state index in [1.807, 2.05) is 0 Å². The molecule has 11 rings (SSSR count). The molecule has 4 heteroatoms. The maximum atomic E-state index is 6.64. The van der Waals surface area contributed by atoms with Gasteiger partial charge in [-0.2, -0.15) is 0 Å². The summed E-state index contributed by atoms with van der Waals surface area (Å²) in [6, 6.07) is 47.2. The van der Waals surface area contributed by atoms with Gasteiger partial charge in [-0.25, -0.2) is 0 Å². The van der Waals surface area contributed by atoms with E-state index in [1.165, 1.54) is 79.4 Å². The van der Waals surface area contributed by atoms with E-state index in [9.17, 15) is 0 Å². The topological polar surface area (TPSA) is 28.4 Å². The fraction of sp³-hybridized carbons (Fsp3) is 0.216. The first-order valence-corrected chi connectivity index (χ1v) is 19.8. The Balaban J connectivity index is 1.20. The van der Waals surface area contributed by atoms with Gasteiger partial charge in [-0.1, -0.05) is 132 Å². The number of rotatable bonds is 3. The quantitative estimate of drug-likeness (QED) is 0.185. The largest absolute Gasteiger partial charge is 0.456 e. The summed E-state index contributed by atoms with van der Waals surface area (Å²) in [5, 5.41) is 8.69. The van der Waals surface area contributed by atoms with Crippen LogP contribution >= 0.6 is 0 Å². The molecule has 0 spiro atoms. The molecule has 3 nitrogen and oxygen atoms in total. The number of furan rings is 1. The number of para-hydroxylation sites is 3. The summed E-state index contributed by atoms with van der Waals surface area (Å²) in [6.45, 7) is 14.3. The maximum Gasteiger partial charge on any atom is 0.197 e. The van der Waals surface area contributed by atoms with Crippen LogP contribution in [0.2, 0.25) is 0 Å². The van der Waals surface area contributed by atoms with E-state index in [1.54, 1.807) is 0 Å². The molecule has 3 aliphatic rings. The Hall–Kier alpha value is -5.74. The summed E-state index contributed by atoms with van der Waals surface area (Å²) >= 11 is 0. The molecule has 1 aliphatic carbocycles. The third-order valence-corrected chi connectivity index (χ3v) is 13.3. The molecule has 8 aromatic rings. The van der Waals surface area contributed by atoms with Crippen molar-refractivity contribution < 1.29 is 4.42 Å². The second-order valence-electron chi connectivity index (χ2n) is 17.9. The van der Waals surface area contributed by atoms with Gasteiger partial charge in [0.15, 0.2) is 7.28 Å². The van der Waals surface area contributed by atoms with E-state index in [0.29, 0.717) is 0 Å². The van der Waals surface area contributed by atoms with Gasteiger partial charge in [0.05, 0.1) is 5.69 Å². The summed E-state index contributed by atoms with van der Waals surface area (Å²) in [4.78, 5) is 2.54. The van der Waals surface area contributed by atoms with Crippen LogP contribution in [0.1, 0.15) is 76.6 Å². The monoisotopic (exact) mass is 711 g/mol. The van der Waals surface area contributed by atoms with Crippen LogP contribution in [0, 0.1) is 0 Å². The second-order valence-corrected chi connectivity index (χ2v) is 17.9. The molecular formula is C51H44BN2O. The molecule has 55 heavy (non-hydrogen) atoms. The van der Waals surface area contributed by atoms with Crippen LogP contribution in [0.5, 0.6) is 0 Å². The predicted molar refractivity (Wildman–Crippen MR) is 234 cm³/mol. The Morgan fingerprint density at radius 1 is 0.582 bits per heavy atom. The highest BCUT2D eigenvalue weighted by Gasteiger charge is 2.41. The Labute approximate surface area is 324 Å². The number of nitrogens with one attached hydrogen (secondary N) is 1. The molecule has 0 atom stereocenters. The molecule has 3 heterocycles. The first-order valence-electron chi connectivity index (χ1n) is 19.8. The summed E-state index contributed by atoms with van der Waals surface area (Å²) in [5.74, 6) is 0. The Morgan fingerprint density at radius 2 is 1.31 bits per heavy atom. The van der Waals surface area contributed by atoms with Gasteiger partial charge in [0.1, 0.15) is 11.2 Å². The van der Waals surface area contributed by atoms with Gasteiger partial charge >= 0.3 is 0 Å². The SMILES string of the molecule is CC1(C)CCC(C)(C)c2cc(Nc3cc4c(cc3-c3c5c(cc6ccccc36)N3c6ccccc6C(C)(C)c6cccc(c63)[B]5)oc3ccccc34)ccc21. The lowest BCUT2D eigenvalue weighted by molar-refractivity contribution is 0.332. The van der Waals surface area contributed by atoms with Gasteiger partial charge in [0.2, 0.25) is 0 Å². The van der Waals surface area contributed by atoms with Crippen LogP contribution in [0.4, 0.5) is 28.4 Å². The lowest BCUT2D eigenvalue weighted by Crippen LogP contribution is -2.45. The van der Waals surface area contributed by atoms with Crippen molar-refractivity contribution >= 4 is 79.4 Å². The smallest absolute Gasteiger partial charge is 0.197 e. The first kappa shape index (κ1) is 32.7. The van der Waals surface area contributed by atoms with E-state index in [4.69, 9.17) is 4.42 Å². The van der Waals surface area contributed by atoms with Gasteiger partial charge < -0.3 is 14.6 Å². The lowest BCUT2D eigenvalue weighted by Gasteiger charge is -2.46. The lowest BCUT2D eigenvalue weighted by atomic mass is 9.55. The van der Waals surface area contributed by atoms with Crippen LogP contribution in [-0.2, 0) is 16.2 Å². The van der Waals surface area contributed by atoms with Gasteiger partial charge in [-0.05, 0) is 110 Å². The van der Waals surface area contributed by atoms with Crippen LogP contribution in [0.3, 0.4) is 0 Å². The van der Waals surface area contributed by atoms with Crippen molar-refractivity contribution in [3.05, 3.63) is 150 Å². The minimum absolute atomic E-state index is 0.102. The van der Waals surface area contributed by atoms with Crippen LogP contribution in [-0.4, -0.2) is 7.28 Å². The molecule has 7 aromatic carbocycles. The molecule has 0 bridgehead atoms. The molecule has 0 unspecified atom stereocenters. The van der Waals surface area contributed by atoms with Crippen molar-refractivity contribution in [2.24, 2.45) is 0 Å². The summed E-state index contributed by atoms with van der Waals surface area (Å²) < 4.78 is 6.64. The van der Waals surface area contributed by atoms with Gasteiger partial charge in [-0.15, -0.1) is 0 Å². The number of benzene rings is 7. The molecule has 1 radical (unpaired) electrons. The molecule has 2 aliphatic heterocycles. The van der Waals surface area contributed by atoms with Crippen molar-refractivity contribution in [1.82, 2.24) is 0 Å². The average molecular weight is 712 g/mol. The molecule has 1 N–H and O–H groups in total. The van der Waals surface area contributed by atoms with Crippen molar-refractivity contribution in [3.63, 3.8) is 0 Å². The van der Waals surface area contributed by atoms with E-state index in [0.717, 1.165) is 38.9 Å². The maximum absolute atomic E-state index is 6.64. The molecule has 1 aromatic heterocycles. The van der Waals surface area contributed by atoms with Crippen LogP contribution in [0.25, 0.3) is 43.8 Å². The zero-order valence-corrected chi connectivity index (χ0v) is 32.5. The van der Waals surface area contributed by atoms with Gasteiger partial charge in [0, 0.05) is 44.5 Å². The minimum Gasteiger partial charge on any atom is -0.456 e. The molecule has 267 valence electrons. The number of anilines is 5. The number of hydrogen-bond acceptors (Lipinski definition) is 3. The molecule has 0 saturated heterocycles. The zero-order chi connectivity index (χ0) is 37.4. The van der Waals surface area contributed by atoms with E-state index < -0.39 is 0 Å². The predicted octanol–water partition coefficient (Wildman–Crippen LogP) is 12.6. The first-order chi connectivity index (χ1) is 26.5. The van der Waals surface area contributed by atoms with Crippen molar-refractivity contribution in [1.29, 1.82) is 0 Å². The normalized spacial score (nSPS) is 16.9. The highest BCUT2D eigenvalue weighted by molar-refractivity contribution is 6.74. The van der Waals surface area contributed by atoms with Gasteiger partial charge in [-0.3, -0.25) is 0 Å². The molecular weight excluding hydrogens is 667 g/mol. The van der Waals surface area contributed by atoms with E-state index in [2.05, 4.69) is 186 Å². The molecule has 0 amide bonds. The Kier molecular flexibility index (Phi) is 6.63. The third kappa shape index (κ3) is 4.64. The average Bonchev–Trinajstić information content (AvgIpc) is 3.54. The molecule has 0 fully saturated rings.